The summed E-state index contributed by atoms with van der Waals surface area (Å²) < 4.78 is 18.1. The van der Waals surface area contributed by atoms with Crippen LogP contribution in [0.4, 0.5) is 14.9 Å². The van der Waals surface area contributed by atoms with Crippen LogP contribution < -0.4 is 15.4 Å². The molecular weight excluding hydrogens is 279 g/mol. The van der Waals surface area contributed by atoms with Gasteiger partial charge < -0.3 is 20.5 Å². The fraction of sp³-hybridized carbons (Fsp3) is 0.429. The van der Waals surface area contributed by atoms with Crippen LogP contribution in [-0.4, -0.2) is 30.3 Å². The van der Waals surface area contributed by atoms with Gasteiger partial charge in [0.2, 0.25) is 0 Å². The van der Waals surface area contributed by atoms with E-state index in [0.717, 1.165) is 6.42 Å². The molecule has 2 amide bonds. The van der Waals surface area contributed by atoms with E-state index in [-0.39, 0.29) is 12.2 Å². The van der Waals surface area contributed by atoms with Crippen molar-refractivity contribution in [3.63, 3.8) is 0 Å². The van der Waals surface area contributed by atoms with Crippen molar-refractivity contribution in [3.8, 4) is 5.75 Å². The summed E-state index contributed by atoms with van der Waals surface area (Å²) in [4.78, 5) is 22.5. The van der Waals surface area contributed by atoms with Crippen LogP contribution in [0.15, 0.2) is 18.2 Å². The van der Waals surface area contributed by atoms with Crippen molar-refractivity contribution in [2.45, 2.75) is 32.2 Å². The number of hydrogen-bond acceptors (Lipinski definition) is 3. The van der Waals surface area contributed by atoms with Crippen LogP contribution in [0.3, 0.4) is 0 Å². The average Bonchev–Trinajstić information content (AvgIpc) is 2.40. The zero-order valence-corrected chi connectivity index (χ0v) is 12.0. The molecular formula is C14H19FN2O4. The predicted octanol–water partition coefficient (Wildman–Crippen LogP) is 2.60. The van der Waals surface area contributed by atoms with Gasteiger partial charge in [0.25, 0.3) is 0 Å². The fourth-order valence-electron chi connectivity index (χ4n) is 1.87. The van der Waals surface area contributed by atoms with Gasteiger partial charge in [0.15, 0.2) is 11.6 Å². The first kappa shape index (κ1) is 16.7. The molecule has 1 rings (SSSR count). The van der Waals surface area contributed by atoms with E-state index in [0.29, 0.717) is 12.1 Å². The molecule has 116 valence electrons. The summed E-state index contributed by atoms with van der Waals surface area (Å²) in [7, 11) is 1.33. The first-order chi connectivity index (χ1) is 9.96. The number of carbonyl (C=O) groups excluding carboxylic acids is 1. The molecule has 0 radical (unpaired) electrons. The summed E-state index contributed by atoms with van der Waals surface area (Å²) in [5, 5.41) is 13.9. The molecule has 1 aromatic rings. The molecule has 0 aliphatic carbocycles. The molecule has 3 N–H and O–H groups in total. The average molecular weight is 298 g/mol. The van der Waals surface area contributed by atoms with E-state index in [4.69, 9.17) is 9.84 Å². The third kappa shape index (κ3) is 5.68. The highest BCUT2D eigenvalue weighted by atomic mass is 19.1. The van der Waals surface area contributed by atoms with Gasteiger partial charge in [-0.05, 0) is 18.6 Å². The Kier molecular flexibility index (Phi) is 6.45. The van der Waals surface area contributed by atoms with Crippen molar-refractivity contribution in [1.82, 2.24) is 5.32 Å². The lowest BCUT2D eigenvalue weighted by Crippen LogP contribution is -2.39. The Morgan fingerprint density at radius 2 is 2.14 bits per heavy atom. The van der Waals surface area contributed by atoms with Crippen LogP contribution in [0.1, 0.15) is 26.2 Å². The Morgan fingerprint density at radius 1 is 1.43 bits per heavy atom. The van der Waals surface area contributed by atoms with Crippen molar-refractivity contribution in [1.29, 1.82) is 0 Å². The number of nitrogens with one attached hydrogen (secondary N) is 2. The molecule has 1 unspecified atom stereocenters. The van der Waals surface area contributed by atoms with Gasteiger partial charge in [0.05, 0.1) is 13.5 Å². The first-order valence-electron chi connectivity index (χ1n) is 6.59. The Hall–Kier alpha value is -2.31. The number of urea groups is 1. The largest absolute Gasteiger partial charge is 0.494 e. The lowest BCUT2D eigenvalue weighted by molar-refractivity contribution is -0.137. The smallest absolute Gasteiger partial charge is 0.319 e. The second-order valence-electron chi connectivity index (χ2n) is 4.53. The van der Waals surface area contributed by atoms with Gasteiger partial charge in [-0.25, -0.2) is 9.18 Å². The topological polar surface area (TPSA) is 87.7 Å². The highest BCUT2D eigenvalue weighted by molar-refractivity contribution is 5.90. The molecule has 6 nitrogen and oxygen atoms in total. The molecule has 0 saturated carbocycles. The van der Waals surface area contributed by atoms with E-state index in [9.17, 15) is 14.0 Å². The van der Waals surface area contributed by atoms with Crippen LogP contribution in [-0.2, 0) is 4.79 Å². The number of ether oxygens (including phenoxy) is 1. The summed E-state index contributed by atoms with van der Waals surface area (Å²) in [5.74, 6) is -1.49. The maximum Gasteiger partial charge on any atom is 0.319 e. The molecule has 0 spiro atoms. The summed E-state index contributed by atoms with van der Waals surface area (Å²) in [6.45, 7) is 1.90. The minimum Gasteiger partial charge on any atom is -0.494 e. The van der Waals surface area contributed by atoms with Gasteiger partial charge in [-0.15, -0.1) is 0 Å². The highest BCUT2D eigenvalue weighted by Crippen LogP contribution is 2.21. The lowest BCUT2D eigenvalue weighted by Gasteiger charge is -2.16. The second-order valence-corrected chi connectivity index (χ2v) is 4.53. The number of carboxylic acids is 1. The van der Waals surface area contributed by atoms with Gasteiger partial charge >= 0.3 is 12.0 Å². The first-order valence-corrected chi connectivity index (χ1v) is 6.59. The van der Waals surface area contributed by atoms with Gasteiger partial charge in [0.1, 0.15) is 0 Å². The van der Waals surface area contributed by atoms with E-state index in [2.05, 4.69) is 10.6 Å². The Morgan fingerprint density at radius 3 is 2.71 bits per heavy atom. The standard InChI is InChI=1S/C14H19FN2O4/c1-3-4-9(8-13(18)19)16-14(20)17-10-5-6-11(15)12(7-10)21-2/h5-7,9H,3-4,8H2,1-2H3,(H,18,19)(H2,16,17,20). The van der Waals surface area contributed by atoms with E-state index in [1.54, 1.807) is 0 Å². The van der Waals surface area contributed by atoms with Gasteiger partial charge in [-0.1, -0.05) is 13.3 Å². The van der Waals surface area contributed by atoms with Gasteiger partial charge in [-0.3, -0.25) is 4.79 Å². The number of halogens is 1. The second kappa shape index (κ2) is 8.08. The summed E-state index contributed by atoms with van der Waals surface area (Å²) in [6.07, 6.45) is 1.17. The fourth-order valence-corrected chi connectivity index (χ4v) is 1.87. The van der Waals surface area contributed by atoms with Gasteiger partial charge in [-0.2, -0.15) is 0 Å². The number of rotatable bonds is 7. The molecule has 0 aromatic heterocycles. The summed E-state index contributed by atoms with van der Waals surface area (Å²) in [6, 6.07) is 2.93. The minimum absolute atomic E-state index is 0.0171. The Balaban J connectivity index is 2.65. The van der Waals surface area contributed by atoms with Crippen molar-refractivity contribution in [2.24, 2.45) is 0 Å². The molecule has 0 bridgehead atoms. The van der Waals surface area contributed by atoms with Crippen LogP contribution in [0.25, 0.3) is 0 Å². The van der Waals surface area contributed by atoms with E-state index in [1.165, 1.54) is 25.3 Å². The van der Waals surface area contributed by atoms with E-state index < -0.39 is 23.9 Å². The number of carboxylic acid groups (broad SMARTS) is 1. The number of hydrogen-bond donors (Lipinski definition) is 3. The quantitative estimate of drug-likeness (QED) is 0.722. The monoisotopic (exact) mass is 298 g/mol. The normalized spacial score (nSPS) is 11.6. The Labute approximate surface area is 122 Å². The molecule has 0 heterocycles. The zero-order valence-electron chi connectivity index (χ0n) is 12.0. The van der Waals surface area contributed by atoms with Crippen LogP contribution in [0, 0.1) is 5.82 Å². The molecule has 0 saturated heterocycles. The van der Waals surface area contributed by atoms with Crippen molar-refractivity contribution in [3.05, 3.63) is 24.0 Å². The molecule has 0 aliphatic rings. The van der Waals surface area contributed by atoms with Crippen LogP contribution in [0.2, 0.25) is 0 Å². The highest BCUT2D eigenvalue weighted by Gasteiger charge is 2.15. The maximum absolute atomic E-state index is 13.2. The SMILES string of the molecule is CCCC(CC(=O)O)NC(=O)Nc1ccc(F)c(OC)c1. The summed E-state index contributed by atoms with van der Waals surface area (Å²) in [5.41, 5.74) is 0.358. The number of methoxy groups -OCH3 is 1. The number of amides is 2. The predicted molar refractivity (Wildman–Crippen MR) is 76.1 cm³/mol. The molecule has 0 fully saturated rings. The number of benzene rings is 1. The van der Waals surface area contributed by atoms with Crippen molar-refractivity contribution in [2.75, 3.05) is 12.4 Å². The molecule has 7 heteroatoms. The maximum atomic E-state index is 13.2. The van der Waals surface area contributed by atoms with Crippen LogP contribution >= 0.6 is 0 Å². The molecule has 21 heavy (non-hydrogen) atoms. The molecule has 1 atom stereocenters. The van der Waals surface area contributed by atoms with E-state index in [1.807, 2.05) is 6.92 Å². The lowest BCUT2D eigenvalue weighted by atomic mass is 10.1. The Bertz CT molecular complexity index is 508. The van der Waals surface area contributed by atoms with Crippen LogP contribution in [0.5, 0.6) is 5.75 Å². The van der Waals surface area contributed by atoms with E-state index >= 15 is 0 Å². The molecule has 1 aromatic carbocycles. The third-order valence-electron chi connectivity index (χ3n) is 2.80. The molecule has 0 aliphatic heterocycles. The number of carbonyl (C=O) groups is 2. The van der Waals surface area contributed by atoms with Crippen molar-refractivity contribution >= 4 is 17.7 Å². The number of aliphatic carboxylic acids is 1. The third-order valence-corrected chi connectivity index (χ3v) is 2.80. The zero-order chi connectivity index (χ0) is 15.8. The van der Waals surface area contributed by atoms with Crippen molar-refractivity contribution < 1.29 is 23.8 Å². The van der Waals surface area contributed by atoms with Gasteiger partial charge in [0, 0.05) is 17.8 Å². The number of anilines is 1. The summed E-state index contributed by atoms with van der Waals surface area (Å²) >= 11 is 0. The minimum atomic E-state index is -0.975.